The molecule has 0 bridgehead atoms. The molecule has 1 unspecified atom stereocenters. The lowest BCUT2D eigenvalue weighted by Gasteiger charge is -2.19. The van der Waals surface area contributed by atoms with Crippen LogP contribution in [0.5, 0.6) is 5.75 Å². The molecule has 3 rings (SSSR count). The van der Waals surface area contributed by atoms with Gasteiger partial charge in [0.25, 0.3) is 0 Å². The van der Waals surface area contributed by atoms with Crippen LogP contribution < -0.4 is 4.74 Å². The van der Waals surface area contributed by atoms with E-state index in [2.05, 4.69) is 10.1 Å². The molecule has 6 nitrogen and oxygen atoms in total. The van der Waals surface area contributed by atoms with Crippen LogP contribution in [0.3, 0.4) is 0 Å². The fourth-order valence-corrected chi connectivity index (χ4v) is 2.55. The molecule has 2 aromatic rings. The molecule has 0 saturated carbocycles. The normalized spacial score (nSPS) is 17.1. The minimum Gasteiger partial charge on any atom is -0.497 e. The van der Waals surface area contributed by atoms with Gasteiger partial charge >= 0.3 is 5.97 Å². The smallest absolute Gasteiger partial charge is 0.310 e. The van der Waals surface area contributed by atoms with Gasteiger partial charge < -0.3 is 9.47 Å². The van der Waals surface area contributed by atoms with Crippen LogP contribution in [0.25, 0.3) is 11.4 Å². The molecular formula is C15H17N3O3. The summed E-state index contributed by atoms with van der Waals surface area (Å²) >= 11 is 0. The topological polar surface area (TPSA) is 66.2 Å². The predicted molar refractivity (Wildman–Crippen MR) is 75.8 cm³/mol. The van der Waals surface area contributed by atoms with Crippen LogP contribution in [-0.4, -0.2) is 35.0 Å². The van der Waals surface area contributed by atoms with E-state index < -0.39 is 0 Å². The lowest BCUT2D eigenvalue weighted by molar-refractivity contribution is -0.146. The molecule has 1 aromatic heterocycles. The summed E-state index contributed by atoms with van der Waals surface area (Å²) in [5, 5.41) is 4.51. The Morgan fingerprint density at radius 2 is 2.24 bits per heavy atom. The molecule has 0 radical (unpaired) electrons. The molecule has 0 saturated heterocycles. The van der Waals surface area contributed by atoms with E-state index >= 15 is 0 Å². The van der Waals surface area contributed by atoms with Gasteiger partial charge in [-0.1, -0.05) is 12.1 Å². The number of nitrogens with zero attached hydrogens (tertiary/aromatic N) is 3. The van der Waals surface area contributed by atoms with Gasteiger partial charge in [0.15, 0.2) is 5.82 Å². The lowest BCUT2D eigenvalue weighted by Crippen LogP contribution is -2.28. The average Bonchev–Trinajstić information content (AvgIpc) is 2.97. The second-order valence-electron chi connectivity index (χ2n) is 5.02. The van der Waals surface area contributed by atoms with Crippen molar-refractivity contribution in [1.29, 1.82) is 0 Å². The van der Waals surface area contributed by atoms with Crippen molar-refractivity contribution in [3.05, 3.63) is 30.1 Å². The summed E-state index contributed by atoms with van der Waals surface area (Å²) in [6.07, 6.45) is 1.49. The first-order valence-corrected chi connectivity index (χ1v) is 6.87. The molecule has 1 aliphatic rings. The minimum atomic E-state index is -0.181. The first-order valence-electron chi connectivity index (χ1n) is 6.87. The number of carbonyl (C=O) groups is 1. The maximum absolute atomic E-state index is 11.6. The van der Waals surface area contributed by atoms with Crippen LogP contribution in [0.4, 0.5) is 0 Å². The first kappa shape index (κ1) is 13.6. The van der Waals surface area contributed by atoms with Crippen LogP contribution in [0.2, 0.25) is 0 Å². The fourth-order valence-electron chi connectivity index (χ4n) is 2.55. The fraction of sp³-hybridized carbons (Fsp3) is 0.400. The second kappa shape index (κ2) is 5.55. The van der Waals surface area contributed by atoms with Crippen LogP contribution in [0.15, 0.2) is 24.3 Å². The van der Waals surface area contributed by atoms with Crippen LogP contribution in [0, 0.1) is 5.92 Å². The summed E-state index contributed by atoms with van der Waals surface area (Å²) in [5.41, 5.74) is 0.908. The molecule has 0 N–H and O–H groups in total. The number of aryl methyl sites for hydroxylation is 1. The zero-order chi connectivity index (χ0) is 14.8. The summed E-state index contributed by atoms with van der Waals surface area (Å²) in [6, 6.07) is 7.64. The predicted octanol–water partition coefficient (Wildman–Crippen LogP) is 1.69. The van der Waals surface area contributed by atoms with Crippen molar-refractivity contribution in [2.75, 3.05) is 14.2 Å². The van der Waals surface area contributed by atoms with Gasteiger partial charge in [0, 0.05) is 12.0 Å². The number of hydrogen-bond donors (Lipinski definition) is 0. The van der Waals surface area contributed by atoms with Crippen molar-refractivity contribution < 1.29 is 14.3 Å². The Balaban J connectivity index is 1.87. The highest BCUT2D eigenvalue weighted by atomic mass is 16.5. The zero-order valence-corrected chi connectivity index (χ0v) is 12.1. The third-order valence-electron chi connectivity index (χ3n) is 3.72. The number of ether oxygens (including phenoxy) is 2. The largest absolute Gasteiger partial charge is 0.497 e. The van der Waals surface area contributed by atoms with E-state index in [1.807, 2.05) is 24.3 Å². The molecule has 0 spiro atoms. The van der Waals surface area contributed by atoms with Gasteiger partial charge in [-0.15, -0.1) is 0 Å². The molecule has 21 heavy (non-hydrogen) atoms. The second-order valence-corrected chi connectivity index (χ2v) is 5.02. The highest BCUT2D eigenvalue weighted by Gasteiger charge is 2.27. The van der Waals surface area contributed by atoms with Gasteiger partial charge in [0.05, 0.1) is 26.7 Å². The summed E-state index contributed by atoms with van der Waals surface area (Å²) in [7, 11) is 3.05. The number of aromatic nitrogens is 3. The molecule has 6 heteroatoms. The van der Waals surface area contributed by atoms with Gasteiger partial charge in [-0.05, 0) is 18.6 Å². The standard InChI is InChI=1S/C15H17N3O3/c1-20-12-5-3-4-10(8-12)14-16-13-7-6-11(15(19)21-2)9-18(13)17-14/h3-5,8,11H,6-7,9H2,1-2H3. The van der Waals surface area contributed by atoms with E-state index in [1.165, 1.54) is 7.11 Å². The van der Waals surface area contributed by atoms with Crippen molar-refractivity contribution in [2.24, 2.45) is 5.92 Å². The summed E-state index contributed by atoms with van der Waals surface area (Å²) < 4.78 is 11.8. The van der Waals surface area contributed by atoms with Gasteiger partial charge in [0.2, 0.25) is 0 Å². The minimum absolute atomic E-state index is 0.137. The van der Waals surface area contributed by atoms with Gasteiger partial charge in [-0.3, -0.25) is 4.79 Å². The first-order chi connectivity index (χ1) is 10.2. The van der Waals surface area contributed by atoms with E-state index in [4.69, 9.17) is 9.47 Å². The van der Waals surface area contributed by atoms with Crippen molar-refractivity contribution >= 4 is 5.97 Å². The van der Waals surface area contributed by atoms with Crippen LogP contribution >= 0.6 is 0 Å². The Morgan fingerprint density at radius 1 is 1.38 bits per heavy atom. The molecule has 1 aliphatic heterocycles. The highest BCUT2D eigenvalue weighted by molar-refractivity contribution is 5.72. The Morgan fingerprint density at radius 3 is 3.00 bits per heavy atom. The third-order valence-corrected chi connectivity index (χ3v) is 3.72. The Kier molecular flexibility index (Phi) is 3.60. The highest BCUT2D eigenvalue weighted by Crippen LogP contribution is 2.25. The van der Waals surface area contributed by atoms with Crippen molar-refractivity contribution in [3.63, 3.8) is 0 Å². The quantitative estimate of drug-likeness (QED) is 0.804. The molecule has 0 amide bonds. The molecule has 1 aromatic carbocycles. The SMILES string of the molecule is COC(=O)C1CCc2nc(-c3cccc(OC)c3)nn2C1. The number of fused-ring (bicyclic) bond motifs is 1. The number of rotatable bonds is 3. The van der Waals surface area contributed by atoms with E-state index in [1.54, 1.807) is 11.8 Å². The van der Waals surface area contributed by atoms with Crippen LogP contribution in [-0.2, 0) is 22.5 Å². The maximum Gasteiger partial charge on any atom is 0.310 e. The number of benzene rings is 1. The average molecular weight is 287 g/mol. The van der Waals surface area contributed by atoms with Crippen LogP contribution in [0.1, 0.15) is 12.2 Å². The number of carbonyl (C=O) groups excluding carboxylic acids is 1. The maximum atomic E-state index is 11.6. The Labute approximate surface area is 122 Å². The van der Waals surface area contributed by atoms with Gasteiger partial charge in [-0.25, -0.2) is 9.67 Å². The monoisotopic (exact) mass is 287 g/mol. The van der Waals surface area contributed by atoms with E-state index in [0.717, 1.165) is 30.0 Å². The van der Waals surface area contributed by atoms with E-state index in [9.17, 15) is 4.79 Å². The summed E-state index contributed by atoms with van der Waals surface area (Å²) in [6.45, 7) is 0.527. The molecule has 1 atom stereocenters. The van der Waals surface area contributed by atoms with Crippen molar-refractivity contribution in [3.8, 4) is 17.1 Å². The van der Waals surface area contributed by atoms with E-state index in [-0.39, 0.29) is 11.9 Å². The van der Waals surface area contributed by atoms with Crippen molar-refractivity contribution in [2.45, 2.75) is 19.4 Å². The summed E-state index contributed by atoms with van der Waals surface area (Å²) in [5.74, 6) is 2.02. The number of esters is 1. The zero-order valence-electron chi connectivity index (χ0n) is 12.1. The van der Waals surface area contributed by atoms with Gasteiger partial charge in [0.1, 0.15) is 11.6 Å². The lowest BCUT2D eigenvalue weighted by atomic mass is 10.0. The molecule has 0 fully saturated rings. The Hall–Kier alpha value is -2.37. The Bertz CT molecular complexity index is 666. The molecular weight excluding hydrogens is 270 g/mol. The molecule has 2 heterocycles. The van der Waals surface area contributed by atoms with E-state index in [0.29, 0.717) is 12.4 Å². The summed E-state index contributed by atoms with van der Waals surface area (Å²) in [4.78, 5) is 16.2. The number of methoxy groups -OCH3 is 2. The third kappa shape index (κ3) is 2.61. The molecule has 0 aliphatic carbocycles. The molecule has 110 valence electrons. The van der Waals surface area contributed by atoms with Crippen molar-refractivity contribution in [1.82, 2.24) is 14.8 Å². The van der Waals surface area contributed by atoms with Gasteiger partial charge in [-0.2, -0.15) is 5.10 Å². The number of hydrogen-bond acceptors (Lipinski definition) is 5.